The van der Waals surface area contributed by atoms with Crippen molar-refractivity contribution >= 4 is 46.6 Å². The van der Waals surface area contributed by atoms with Crippen LogP contribution in [0.25, 0.3) is 0 Å². The molecule has 0 aromatic heterocycles. The van der Waals surface area contributed by atoms with Crippen molar-refractivity contribution in [2.75, 3.05) is 21.7 Å². The van der Waals surface area contributed by atoms with Gasteiger partial charge in [-0.3, -0.25) is 28.9 Å². The molecule has 3 aromatic rings. The summed E-state index contributed by atoms with van der Waals surface area (Å²) in [7, 11) is 0. The SMILES string of the molecule is CC(=O)Nc1ccc(CN2C(=O)C3CCCC3N(C(=O)CN3C(=O)c4ccccc4C3=O)c3ccccc32)cc1. The topological polar surface area (TPSA) is 107 Å². The van der Waals surface area contributed by atoms with Crippen LogP contribution in [0.2, 0.25) is 0 Å². The third kappa shape index (κ3) is 4.33. The van der Waals surface area contributed by atoms with E-state index in [4.69, 9.17) is 0 Å². The molecule has 1 N–H and O–H groups in total. The lowest BCUT2D eigenvalue weighted by Crippen LogP contribution is -2.49. The Bertz CT molecular complexity index is 1510. The first kappa shape index (κ1) is 25.5. The van der Waals surface area contributed by atoms with Gasteiger partial charge in [-0.15, -0.1) is 0 Å². The van der Waals surface area contributed by atoms with Crippen LogP contribution in [0.5, 0.6) is 0 Å². The Labute approximate surface area is 231 Å². The summed E-state index contributed by atoms with van der Waals surface area (Å²) in [6.45, 7) is 1.34. The number of fused-ring (bicyclic) bond motifs is 3. The number of carbonyl (C=O) groups is 5. The summed E-state index contributed by atoms with van der Waals surface area (Å²) in [5, 5.41) is 2.74. The van der Waals surface area contributed by atoms with Crippen molar-refractivity contribution in [3.05, 3.63) is 89.5 Å². The third-order valence-corrected chi connectivity index (χ3v) is 7.88. The molecule has 5 amide bonds. The second-order valence-electron chi connectivity index (χ2n) is 10.4. The Hall–Kier alpha value is -4.79. The molecule has 9 nitrogen and oxygen atoms in total. The number of benzene rings is 3. The monoisotopic (exact) mass is 536 g/mol. The molecule has 0 spiro atoms. The lowest BCUT2D eigenvalue weighted by Gasteiger charge is -2.31. The van der Waals surface area contributed by atoms with Gasteiger partial charge in [0.05, 0.1) is 35.0 Å². The van der Waals surface area contributed by atoms with Gasteiger partial charge in [0.2, 0.25) is 17.7 Å². The van der Waals surface area contributed by atoms with Crippen molar-refractivity contribution in [3.8, 4) is 0 Å². The first-order valence-electron chi connectivity index (χ1n) is 13.4. The van der Waals surface area contributed by atoms with E-state index in [1.165, 1.54) is 6.92 Å². The van der Waals surface area contributed by atoms with Crippen LogP contribution < -0.4 is 15.1 Å². The summed E-state index contributed by atoms with van der Waals surface area (Å²) >= 11 is 0. The second kappa shape index (κ2) is 10.1. The lowest BCUT2D eigenvalue weighted by atomic mass is 10.0. The van der Waals surface area contributed by atoms with Crippen LogP contribution in [-0.4, -0.2) is 47.0 Å². The third-order valence-electron chi connectivity index (χ3n) is 7.88. The van der Waals surface area contributed by atoms with E-state index in [1.807, 2.05) is 36.4 Å². The van der Waals surface area contributed by atoms with Crippen LogP contribution in [0.1, 0.15) is 52.5 Å². The minimum atomic E-state index is -0.486. The zero-order valence-electron chi connectivity index (χ0n) is 22.0. The summed E-state index contributed by atoms with van der Waals surface area (Å²) in [6, 6.07) is 20.8. The van der Waals surface area contributed by atoms with Crippen molar-refractivity contribution in [2.45, 2.75) is 38.8 Å². The standard InChI is InChI=1S/C31H28N4O5/c1-19(36)32-21-15-13-20(14-16-21)17-33-26-10-4-5-11-27(26)35(25-12-6-9-24(25)31(33)40)28(37)18-34-29(38)22-7-2-3-8-23(22)30(34)39/h2-5,7-8,10-11,13-16,24-25H,6,9,12,17-18H2,1H3,(H,32,36). The maximum absolute atomic E-state index is 14.0. The van der Waals surface area contributed by atoms with Gasteiger partial charge in [-0.25, -0.2) is 0 Å². The molecule has 0 saturated heterocycles. The summed E-state index contributed by atoms with van der Waals surface area (Å²) in [4.78, 5) is 69.7. The number of amides is 5. The van der Waals surface area contributed by atoms with E-state index in [0.717, 1.165) is 16.9 Å². The quantitative estimate of drug-likeness (QED) is 0.497. The second-order valence-corrected chi connectivity index (χ2v) is 10.4. The van der Waals surface area contributed by atoms with Crippen LogP contribution >= 0.6 is 0 Å². The number of anilines is 3. The van der Waals surface area contributed by atoms with Gasteiger partial charge in [-0.1, -0.05) is 42.8 Å². The van der Waals surface area contributed by atoms with Crippen molar-refractivity contribution in [1.82, 2.24) is 4.90 Å². The minimum absolute atomic E-state index is 0.0584. The predicted molar refractivity (Wildman–Crippen MR) is 149 cm³/mol. The van der Waals surface area contributed by atoms with E-state index in [-0.39, 0.29) is 17.9 Å². The molecule has 0 radical (unpaired) electrons. The molecule has 9 heteroatoms. The maximum Gasteiger partial charge on any atom is 0.262 e. The number of nitrogens with zero attached hydrogens (tertiary/aromatic N) is 3. The zero-order chi connectivity index (χ0) is 28.0. The number of imide groups is 1. The fraction of sp³-hybridized carbons (Fsp3) is 0.258. The molecule has 40 heavy (non-hydrogen) atoms. The average molecular weight is 537 g/mol. The van der Waals surface area contributed by atoms with Gasteiger partial charge >= 0.3 is 0 Å². The minimum Gasteiger partial charge on any atom is -0.326 e. The Morgan fingerprint density at radius 3 is 2.08 bits per heavy atom. The van der Waals surface area contributed by atoms with E-state index < -0.39 is 30.2 Å². The van der Waals surface area contributed by atoms with E-state index in [0.29, 0.717) is 47.6 Å². The average Bonchev–Trinajstić information content (AvgIpc) is 3.49. The van der Waals surface area contributed by atoms with Gasteiger partial charge in [-0.05, 0) is 54.8 Å². The number of rotatable bonds is 5. The van der Waals surface area contributed by atoms with Crippen LogP contribution in [0, 0.1) is 5.92 Å². The maximum atomic E-state index is 14.0. The largest absolute Gasteiger partial charge is 0.326 e. The highest BCUT2D eigenvalue weighted by atomic mass is 16.2. The molecule has 202 valence electrons. The van der Waals surface area contributed by atoms with Gasteiger partial charge < -0.3 is 15.1 Å². The smallest absolute Gasteiger partial charge is 0.262 e. The molecule has 2 atom stereocenters. The molecule has 6 rings (SSSR count). The summed E-state index contributed by atoms with van der Waals surface area (Å²) in [5.41, 5.74) is 3.31. The van der Waals surface area contributed by atoms with Gasteiger partial charge in [0, 0.05) is 18.7 Å². The summed E-state index contributed by atoms with van der Waals surface area (Å²) in [6.07, 6.45) is 2.09. The highest BCUT2D eigenvalue weighted by Crippen LogP contribution is 2.43. The van der Waals surface area contributed by atoms with Gasteiger partial charge in [-0.2, -0.15) is 0 Å². The zero-order valence-corrected chi connectivity index (χ0v) is 22.0. The number of nitrogens with one attached hydrogen (secondary N) is 1. The Morgan fingerprint density at radius 2 is 1.43 bits per heavy atom. The van der Waals surface area contributed by atoms with E-state index in [2.05, 4.69) is 5.32 Å². The van der Waals surface area contributed by atoms with Crippen molar-refractivity contribution < 1.29 is 24.0 Å². The fourth-order valence-electron chi connectivity index (χ4n) is 6.09. The summed E-state index contributed by atoms with van der Waals surface area (Å²) in [5.74, 6) is -1.99. The molecule has 3 aromatic carbocycles. The summed E-state index contributed by atoms with van der Waals surface area (Å²) < 4.78 is 0. The van der Waals surface area contributed by atoms with Crippen molar-refractivity contribution in [3.63, 3.8) is 0 Å². The highest BCUT2D eigenvalue weighted by molar-refractivity contribution is 6.23. The molecule has 0 bridgehead atoms. The predicted octanol–water partition coefficient (Wildman–Crippen LogP) is 3.99. The van der Waals surface area contributed by atoms with Gasteiger partial charge in [0.15, 0.2) is 0 Å². The molecule has 1 aliphatic carbocycles. The Morgan fingerprint density at radius 1 is 0.800 bits per heavy atom. The highest BCUT2D eigenvalue weighted by Gasteiger charge is 2.46. The molecule has 2 heterocycles. The van der Waals surface area contributed by atoms with Crippen molar-refractivity contribution in [2.24, 2.45) is 5.92 Å². The molecule has 1 fully saturated rings. The Kier molecular flexibility index (Phi) is 6.42. The molecule has 1 saturated carbocycles. The van der Waals surface area contributed by atoms with E-state index >= 15 is 0 Å². The number of carbonyl (C=O) groups excluding carboxylic acids is 5. The molecular weight excluding hydrogens is 508 g/mol. The van der Waals surface area contributed by atoms with Crippen LogP contribution in [-0.2, 0) is 20.9 Å². The number of para-hydroxylation sites is 2. The molecule has 3 aliphatic rings. The molecule has 2 unspecified atom stereocenters. The first-order valence-corrected chi connectivity index (χ1v) is 13.4. The fourth-order valence-corrected chi connectivity index (χ4v) is 6.09. The van der Waals surface area contributed by atoms with Crippen LogP contribution in [0.15, 0.2) is 72.8 Å². The first-order chi connectivity index (χ1) is 19.3. The van der Waals surface area contributed by atoms with Crippen molar-refractivity contribution in [1.29, 1.82) is 0 Å². The van der Waals surface area contributed by atoms with E-state index in [1.54, 1.807) is 46.2 Å². The van der Waals surface area contributed by atoms with Crippen LogP contribution in [0.4, 0.5) is 17.1 Å². The molecular formula is C31H28N4O5. The van der Waals surface area contributed by atoms with Gasteiger partial charge in [0.1, 0.15) is 6.54 Å². The van der Waals surface area contributed by atoms with Crippen LogP contribution in [0.3, 0.4) is 0 Å². The van der Waals surface area contributed by atoms with Gasteiger partial charge in [0.25, 0.3) is 11.8 Å². The van der Waals surface area contributed by atoms with E-state index in [9.17, 15) is 24.0 Å². The number of hydrogen-bond donors (Lipinski definition) is 1. The lowest BCUT2D eigenvalue weighted by molar-refractivity contribution is -0.123. The normalized spacial score (nSPS) is 19.7. The molecule has 2 aliphatic heterocycles. The number of hydrogen-bond acceptors (Lipinski definition) is 5. The Balaban J connectivity index is 1.33.